The molecule has 1 heterocycles. The molecule has 1 aromatic rings. The number of Topliss-reactive ketones (excluding diaryl/α,β-unsaturated/α-hetero) is 1. The van der Waals surface area contributed by atoms with Crippen LogP contribution in [0.25, 0.3) is 0 Å². The average Bonchev–Trinajstić information content (AvgIpc) is 2.65. The minimum absolute atomic E-state index is 0.143. The fourth-order valence-electron chi connectivity index (χ4n) is 1.94. The SMILES string of the molecule is Cc1ccc(C(=O)C[N+]2=C(N)CCC2)cc1. The van der Waals surface area contributed by atoms with Gasteiger partial charge >= 0.3 is 0 Å². The number of rotatable bonds is 3. The first-order valence-corrected chi connectivity index (χ1v) is 5.63. The van der Waals surface area contributed by atoms with Gasteiger partial charge in [0.2, 0.25) is 11.6 Å². The Morgan fingerprint density at radius 3 is 2.62 bits per heavy atom. The summed E-state index contributed by atoms with van der Waals surface area (Å²) in [6.45, 7) is 3.33. The van der Waals surface area contributed by atoms with Gasteiger partial charge in [0.1, 0.15) is 6.54 Å². The summed E-state index contributed by atoms with van der Waals surface area (Å²) in [5.74, 6) is 0.991. The molecule has 0 unspecified atom stereocenters. The lowest BCUT2D eigenvalue weighted by Crippen LogP contribution is -2.27. The number of ketones is 1. The standard InChI is InChI=1S/C13H16N2O/c1-10-4-6-11(7-5-10)12(16)9-15-8-2-3-13(15)14/h4-7,14H,2-3,8-9H2,1H3/p+1. The highest BCUT2D eigenvalue weighted by Gasteiger charge is 2.19. The van der Waals surface area contributed by atoms with Crippen molar-refractivity contribution in [3.05, 3.63) is 35.4 Å². The molecule has 0 saturated carbocycles. The highest BCUT2D eigenvalue weighted by Crippen LogP contribution is 2.06. The van der Waals surface area contributed by atoms with Gasteiger partial charge in [-0.1, -0.05) is 29.8 Å². The number of benzene rings is 1. The van der Waals surface area contributed by atoms with Crippen LogP contribution in [0.1, 0.15) is 28.8 Å². The maximum absolute atomic E-state index is 11.9. The Balaban J connectivity index is 2.09. The van der Waals surface area contributed by atoms with Crippen molar-refractivity contribution in [2.45, 2.75) is 19.8 Å². The van der Waals surface area contributed by atoms with Gasteiger partial charge in [0.25, 0.3) is 0 Å². The number of amidine groups is 1. The van der Waals surface area contributed by atoms with E-state index >= 15 is 0 Å². The molecule has 0 aliphatic carbocycles. The third-order valence-corrected chi connectivity index (χ3v) is 2.98. The number of aryl methyl sites for hydroxylation is 1. The second-order valence-electron chi connectivity index (χ2n) is 4.31. The first-order chi connectivity index (χ1) is 7.66. The van der Waals surface area contributed by atoms with E-state index in [-0.39, 0.29) is 5.78 Å². The predicted octanol–water partition coefficient (Wildman–Crippen LogP) is 1.34. The quantitative estimate of drug-likeness (QED) is 0.613. The molecule has 0 saturated heterocycles. The number of nitrogens with two attached hydrogens (primary N) is 1. The van der Waals surface area contributed by atoms with Gasteiger partial charge < -0.3 is 0 Å². The lowest BCUT2D eigenvalue weighted by atomic mass is 10.1. The second kappa shape index (κ2) is 4.47. The van der Waals surface area contributed by atoms with Crippen molar-refractivity contribution in [1.82, 2.24) is 0 Å². The third-order valence-electron chi connectivity index (χ3n) is 2.98. The first kappa shape index (κ1) is 10.9. The minimum atomic E-state index is 0.143. The lowest BCUT2D eigenvalue weighted by Gasteiger charge is -2.03. The van der Waals surface area contributed by atoms with Crippen molar-refractivity contribution in [2.75, 3.05) is 13.1 Å². The van der Waals surface area contributed by atoms with Crippen LogP contribution < -0.4 is 5.73 Å². The van der Waals surface area contributed by atoms with Crippen LogP contribution >= 0.6 is 0 Å². The van der Waals surface area contributed by atoms with E-state index in [1.165, 1.54) is 5.56 Å². The summed E-state index contributed by atoms with van der Waals surface area (Å²) < 4.78 is 1.97. The smallest absolute Gasteiger partial charge is 0.243 e. The van der Waals surface area contributed by atoms with E-state index < -0.39 is 0 Å². The van der Waals surface area contributed by atoms with E-state index in [2.05, 4.69) is 0 Å². The minimum Gasteiger partial charge on any atom is -0.291 e. The Hall–Kier alpha value is -1.64. The Morgan fingerprint density at radius 2 is 2.06 bits per heavy atom. The molecule has 84 valence electrons. The zero-order valence-electron chi connectivity index (χ0n) is 9.57. The number of carbonyl (C=O) groups is 1. The summed E-state index contributed by atoms with van der Waals surface area (Å²) >= 11 is 0. The fourth-order valence-corrected chi connectivity index (χ4v) is 1.94. The molecule has 0 amide bonds. The largest absolute Gasteiger partial charge is 0.291 e. The molecule has 1 aliphatic heterocycles. The van der Waals surface area contributed by atoms with Crippen molar-refractivity contribution in [2.24, 2.45) is 5.73 Å². The van der Waals surface area contributed by atoms with Crippen molar-refractivity contribution in [3.8, 4) is 0 Å². The molecule has 3 heteroatoms. The summed E-state index contributed by atoms with van der Waals surface area (Å²) in [4.78, 5) is 11.9. The van der Waals surface area contributed by atoms with E-state index in [1.807, 2.05) is 35.8 Å². The molecule has 2 N–H and O–H groups in total. The monoisotopic (exact) mass is 217 g/mol. The molecule has 0 aromatic heterocycles. The van der Waals surface area contributed by atoms with Gasteiger partial charge in [-0.25, -0.2) is 0 Å². The van der Waals surface area contributed by atoms with Gasteiger partial charge in [-0.3, -0.25) is 15.1 Å². The van der Waals surface area contributed by atoms with Crippen LogP contribution in [0.5, 0.6) is 0 Å². The van der Waals surface area contributed by atoms with Crippen molar-refractivity contribution in [3.63, 3.8) is 0 Å². The van der Waals surface area contributed by atoms with Gasteiger partial charge in [-0.2, -0.15) is 0 Å². The van der Waals surface area contributed by atoms with Gasteiger partial charge in [0, 0.05) is 5.56 Å². The summed E-state index contributed by atoms with van der Waals surface area (Å²) in [6.07, 6.45) is 1.98. The van der Waals surface area contributed by atoms with Crippen molar-refractivity contribution in [1.29, 1.82) is 0 Å². The zero-order chi connectivity index (χ0) is 11.5. The molecule has 3 nitrogen and oxygen atoms in total. The normalized spacial score (nSPS) is 15.6. The third kappa shape index (κ3) is 2.30. The molecular weight excluding hydrogens is 200 g/mol. The predicted molar refractivity (Wildman–Crippen MR) is 63.9 cm³/mol. The van der Waals surface area contributed by atoms with Gasteiger partial charge in [-0.05, 0) is 13.3 Å². The van der Waals surface area contributed by atoms with Crippen LogP contribution in [0.3, 0.4) is 0 Å². The number of nitrogens with zero attached hydrogens (tertiary/aromatic N) is 1. The maximum Gasteiger partial charge on any atom is 0.243 e. The summed E-state index contributed by atoms with van der Waals surface area (Å²) in [5.41, 5.74) is 7.76. The highest BCUT2D eigenvalue weighted by molar-refractivity contribution is 5.97. The zero-order valence-corrected chi connectivity index (χ0v) is 9.57. The highest BCUT2D eigenvalue weighted by atomic mass is 16.1. The Labute approximate surface area is 95.6 Å². The summed E-state index contributed by atoms with van der Waals surface area (Å²) in [5, 5.41) is 0. The summed E-state index contributed by atoms with van der Waals surface area (Å²) in [6, 6.07) is 7.68. The molecule has 0 spiro atoms. The molecular formula is C13H17N2O+. The van der Waals surface area contributed by atoms with Crippen LogP contribution in [0.15, 0.2) is 24.3 Å². The molecule has 16 heavy (non-hydrogen) atoms. The van der Waals surface area contributed by atoms with Crippen LogP contribution in [-0.2, 0) is 0 Å². The van der Waals surface area contributed by atoms with E-state index in [0.29, 0.717) is 6.54 Å². The molecule has 0 bridgehead atoms. The van der Waals surface area contributed by atoms with Crippen LogP contribution in [-0.4, -0.2) is 29.3 Å². The maximum atomic E-state index is 11.9. The van der Waals surface area contributed by atoms with Gasteiger partial charge in [-0.15, -0.1) is 0 Å². The molecule has 0 fully saturated rings. The van der Waals surface area contributed by atoms with E-state index in [0.717, 1.165) is 30.8 Å². The number of hydrogen-bond acceptors (Lipinski definition) is 2. The fraction of sp³-hybridized carbons (Fsp3) is 0.385. The Bertz CT molecular complexity index is 432. The molecule has 0 radical (unpaired) electrons. The van der Waals surface area contributed by atoms with Gasteiger partial charge in [0.05, 0.1) is 13.0 Å². The topological polar surface area (TPSA) is 46.1 Å². The molecule has 0 atom stereocenters. The Morgan fingerprint density at radius 1 is 1.38 bits per heavy atom. The second-order valence-corrected chi connectivity index (χ2v) is 4.31. The van der Waals surface area contributed by atoms with Crippen molar-refractivity contribution >= 4 is 11.6 Å². The van der Waals surface area contributed by atoms with Crippen LogP contribution in [0.2, 0.25) is 0 Å². The molecule has 2 rings (SSSR count). The van der Waals surface area contributed by atoms with Crippen molar-refractivity contribution < 1.29 is 9.37 Å². The summed E-state index contributed by atoms with van der Waals surface area (Å²) in [7, 11) is 0. The first-order valence-electron chi connectivity index (χ1n) is 5.63. The average molecular weight is 217 g/mol. The Kier molecular flexibility index (Phi) is 3.04. The number of carbonyl (C=O) groups excluding carboxylic acids is 1. The van der Waals surface area contributed by atoms with Crippen LogP contribution in [0, 0.1) is 6.92 Å². The van der Waals surface area contributed by atoms with E-state index in [9.17, 15) is 4.79 Å². The van der Waals surface area contributed by atoms with Gasteiger partial charge in [0.15, 0.2) is 0 Å². The number of hydrogen-bond donors (Lipinski definition) is 1. The van der Waals surface area contributed by atoms with E-state index in [4.69, 9.17) is 5.73 Å². The molecule has 1 aromatic carbocycles. The van der Waals surface area contributed by atoms with Crippen LogP contribution in [0.4, 0.5) is 0 Å². The lowest BCUT2D eigenvalue weighted by molar-refractivity contribution is -0.507. The van der Waals surface area contributed by atoms with E-state index in [1.54, 1.807) is 0 Å². The molecule has 1 aliphatic rings.